The largest absolute Gasteiger partial charge is 0.395 e. The quantitative estimate of drug-likeness (QED) is 0.732. The van der Waals surface area contributed by atoms with Crippen LogP contribution in [-0.4, -0.2) is 41.1 Å². The molecule has 1 N–H and O–H groups in total. The molecular formula is C22H27FO3S. The Morgan fingerprint density at radius 3 is 2.00 bits per heavy atom. The number of ether oxygens (including phenoxy) is 2. The zero-order chi connectivity index (χ0) is 19.2. The number of thioether (sulfide) groups is 1. The molecule has 0 amide bonds. The zero-order valence-electron chi connectivity index (χ0n) is 15.8. The normalized spacial score (nSPS) is 25.0. The first-order valence-electron chi connectivity index (χ1n) is 9.27. The van der Waals surface area contributed by atoms with Crippen LogP contribution in [0.25, 0.3) is 0 Å². The van der Waals surface area contributed by atoms with Crippen LogP contribution in [0, 0.1) is 13.8 Å². The lowest BCUT2D eigenvalue weighted by Gasteiger charge is -2.21. The van der Waals surface area contributed by atoms with Crippen LogP contribution in [0.2, 0.25) is 0 Å². The molecule has 4 atom stereocenters. The van der Waals surface area contributed by atoms with Crippen molar-refractivity contribution >= 4 is 11.8 Å². The van der Waals surface area contributed by atoms with Crippen molar-refractivity contribution in [2.24, 2.45) is 0 Å². The third-order valence-corrected chi connectivity index (χ3v) is 6.31. The zero-order valence-corrected chi connectivity index (χ0v) is 16.6. The number of aryl methyl sites for hydroxylation is 2. The van der Waals surface area contributed by atoms with Gasteiger partial charge in [0.2, 0.25) is 0 Å². The molecule has 0 radical (unpaired) electrons. The number of aliphatic hydroxyl groups is 1. The first-order chi connectivity index (χ1) is 13.1. The van der Waals surface area contributed by atoms with Gasteiger partial charge in [0.05, 0.1) is 36.9 Å². The van der Waals surface area contributed by atoms with Crippen molar-refractivity contribution in [3.8, 4) is 0 Å². The molecular weight excluding hydrogens is 363 g/mol. The molecule has 0 bridgehead atoms. The molecule has 1 aliphatic rings. The molecule has 2 aromatic rings. The van der Waals surface area contributed by atoms with E-state index in [1.54, 1.807) is 0 Å². The minimum absolute atomic E-state index is 0.131. The highest BCUT2D eigenvalue weighted by molar-refractivity contribution is 8.01. The first-order valence-corrected chi connectivity index (χ1v) is 10.2. The molecule has 5 heteroatoms. The summed E-state index contributed by atoms with van der Waals surface area (Å²) in [5.41, 5.74) is 4.50. The van der Waals surface area contributed by atoms with Gasteiger partial charge in [-0.15, -0.1) is 11.8 Å². The van der Waals surface area contributed by atoms with Crippen molar-refractivity contribution in [3.63, 3.8) is 0 Å². The molecule has 0 aliphatic carbocycles. The van der Waals surface area contributed by atoms with E-state index in [1.807, 2.05) is 50.2 Å². The lowest BCUT2D eigenvalue weighted by molar-refractivity contribution is -0.0245. The Balaban J connectivity index is 1.55. The fourth-order valence-corrected chi connectivity index (χ4v) is 4.52. The van der Waals surface area contributed by atoms with Crippen LogP contribution in [0.5, 0.6) is 0 Å². The summed E-state index contributed by atoms with van der Waals surface area (Å²) in [4.78, 5) is 0. The average Bonchev–Trinajstić information content (AvgIpc) is 2.98. The van der Waals surface area contributed by atoms with Gasteiger partial charge in [0, 0.05) is 0 Å². The minimum atomic E-state index is -1.20. The van der Waals surface area contributed by atoms with Gasteiger partial charge >= 0.3 is 0 Å². The first kappa shape index (κ1) is 20.3. The highest BCUT2D eigenvalue weighted by Gasteiger charge is 2.45. The van der Waals surface area contributed by atoms with E-state index in [1.165, 1.54) is 22.9 Å². The van der Waals surface area contributed by atoms with E-state index in [2.05, 4.69) is 12.1 Å². The molecule has 1 fully saturated rings. The predicted molar refractivity (Wildman–Crippen MR) is 108 cm³/mol. The summed E-state index contributed by atoms with van der Waals surface area (Å²) in [6.45, 7) is 5.13. The maximum Gasteiger partial charge on any atom is 0.141 e. The summed E-state index contributed by atoms with van der Waals surface area (Å²) in [5, 5.41) is 8.87. The number of benzene rings is 2. The summed E-state index contributed by atoms with van der Waals surface area (Å²) in [5.74, 6) is 0. The van der Waals surface area contributed by atoms with Crippen LogP contribution in [0.4, 0.5) is 4.39 Å². The van der Waals surface area contributed by atoms with Crippen LogP contribution in [0.15, 0.2) is 48.5 Å². The van der Waals surface area contributed by atoms with Gasteiger partial charge in [-0.3, -0.25) is 0 Å². The Kier molecular flexibility index (Phi) is 7.30. The third kappa shape index (κ3) is 5.55. The summed E-state index contributed by atoms with van der Waals surface area (Å²) in [6.07, 6.45) is -1.77. The lowest BCUT2D eigenvalue weighted by atomic mass is 10.1. The van der Waals surface area contributed by atoms with Gasteiger partial charge in [-0.05, 0) is 25.0 Å². The van der Waals surface area contributed by atoms with Gasteiger partial charge in [-0.25, -0.2) is 4.39 Å². The van der Waals surface area contributed by atoms with E-state index in [0.717, 1.165) is 11.1 Å². The molecule has 1 heterocycles. The van der Waals surface area contributed by atoms with Crippen LogP contribution in [0.3, 0.4) is 0 Å². The standard InChI is InChI=1S/C22H27FO3S/c1-15-3-7-17(8-4-15)12-25-14-20-22(21(23)19(11-24)27-20)26-13-18-9-5-16(2)6-10-18/h3-10,19-22,24H,11-14H2,1-2H3/t19?,20-,21-,22-/m1/s1. The van der Waals surface area contributed by atoms with E-state index < -0.39 is 17.5 Å². The van der Waals surface area contributed by atoms with E-state index in [0.29, 0.717) is 19.8 Å². The van der Waals surface area contributed by atoms with Crippen molar-refractivity contribution in [2.45, 2.75) is 49.8 Å². The van der Waals surface area contributed by atoms with Gasteiger partial charge in [0.25, 0.3) is 0 Å². The Morgan fingerprint density at radius 1 is 0.889 bits per heavy atom. The molecule has 27 heavy (non-hydrogen) atoms. The molecule has 1 aliphatic heterocycles. The second-order valence-electron chi connectivity index (χ2n) is 7.10. The highest BCUT2D eigenvalue weighted by atomic mass is 32.2. The molecule has 146 valence electrons. The molecule has 0 saturated carbocycles. The van der Waals surface area contributed by atoms with Crippen LogP contribution in [0.1, 0.15) is 22.3 Å². The monoisotopic (exact) mass is 390 g/mol. The van der Waals surface area contributed by atoms with Crippen molar-refractivity contribution in [1.29, 1.82) is 0 Å². The number of hydrogen-bond donors (Lipinski definition) is 1. The van der Waals surface area contributed by atoms with Gasteiger partial charge in [0.1, 0.15) is 12.3 Å². The van der Waals surface area contributed by atoms with Gasteiger partial charge < -0.3 is 14.6 Å². The second kappa shape index (κ2) is 9.69. The second-order valence-corrected chi connectivity index (χ2v) is 8.59. The Bertz CT molecular complexity index is 705. The molecule has 3 rings (SSSR count). The maximum atomic E-state index is 14.7. The van der Waals surface area contributed by atoms with Crippen LogP contribution >= 0.6 is 11.8 Å². The Hall–Kier alpha value is -1.40. The molecule has 0 spiro atoms. The van der Waals surface area contributed by atoms with E-state index in [9.17, 15) is 9.50 Å². The number of halogens is 1. The average molecular weight is 391 g/mol. The van der Waals surface area contributed by atoms with Crippen molar-refractivity contribution < 1.29 is 19.0 Å². The number of aliphatic hydroxyl groups excluding tert-OH is 1. The highest BCUT2D eigenvalue weighted by Crippen LogP contribution is 2.38. The minimum Gasteiger partial charge on any atom is -0.395 e. The van der Waals surface area contributed by atoms with Crippen molar-refractivity contribution in [2.75, 3.05) is 13.2 Å². The Labute approximate surface area is 164 Å². The fourth-order valence-electron chi connectivity index (χ4n) is 3.12. The summed E-state index contributed by atoms with van der Waals surface area (Å²) in [7, 11) is 0. The fraction of sp³-hybridized carbons (Fsp3) is 0.455. The SMILES string of the molecule is Cc1ccc(COC[C@H]2SC(CO)[C@@H](F)[C@@H]2OCc2ccc(C)cc2)cc1. The van der Waals surface area contributed by atoms with Gasteiger partial charge in [0.15, 0.2) is 0 Å². The maximum absolute atomic E-state index is 14.7. The molecule has 2 aromatic carbocycles. The van der Waals surface area contributed by atoms with E-state index >= 15 is 0 Å². The van der Waals surface area contributed by atoms with Crippen molar-refractivity contribution in [1.82, 2.24) is 0 Å². The smallest absolute Gasteiger partial charge is 0.141 e. The van der Waals surface area contributed by atoms with Crippen LogP contribution < -0.4 is 0 Å². The van der Waals surface area contributed by atoms with Crippen molar-refractivity contribution in [3.05, 3.63) is 70.8 Å². The molecule has 0 aromatic heterocycles. The number of rotatable bonds is 8. The topological polar surface area (TPSA) is 38.7 Å². The third-order valence-electron chi connectivity index (χ3n) is 4.80. The summed E-state index contributed by atoms with van der Waals surface area (Å²) in [6, 6.07) is 16.2. The lowest BCUT2D eigenvalue weighted by Crippen LogP contribution is -2.35. The summed E-state index contributed by atoms with van der Waals surface area (Å²) >= 11 is 1.43. The Morgan fingerprint density at radius 2 is 1.44 bits per heavy atom. The van der Waals surface area contributed by atoms with Gasteiger partial charge in [-0.1, -0.05) is 59.7 Å². The van der Waals surface area contributed by atoms with E-state index in [-0.39, 0.29) is 11.9 Å². The van der Waals surface area contributed by atoms with Gasteiger partial charge in [-0.2, -0.15) is 0 Å². The van der Waals surface area contributed by atoms with E-state index in [4.69, 9.17) is 9.47 Å². The molecule has 1 saturated heterocycles. The summed E-state index contributed by atoms with van der Waals surface area (Å²) < 4.78 is 26.5. The molecule has 1 unspecified atom stereocenters. The molecule has 3 nitrogen and oxygen atoms in total. The number of alkyl halides is 1. The van der Waals surface area contributed by atoms with Crippen LogP contribution in [-0.2, 0) is 22.7 Å². The predicted octanol–water partition coefficient (Wildman–Crippen LogP) is 4.22. The number of hydrogen-bond acceptors (Lipinski definition) is 4.